The number of ether oxygens (including phenoxy) is 1. The fraction of sp³-hybridized carbons (Fsp3) is 0.538. The van der Waals surface area contributed by atoms with Crippen molar-refractivity contribution in [3.63, 3.8) is 0 Å². The Labute approximate surface area is 103 Å². The fourth-order valence-corrected chi connectivity index (χ4v) is 1.62. The third kappa shape index (κ3) is 5.45. The predicted octanol–water partition coefficient (Wildman–Crippen LogP) is 1.51. The highest BCUT2D eigenvalue weighted by Crippen LogP contribution is 2.01. The second-order valence-electron chi connectivity index (χ2n) is 3.87. The van der Waals surface area contributed by atoms with Crippen molar-refractivity contribution in [3.8, 4) is 0 Å². The average Bonchev–Trinajstić information content (AvgIpc) is 2.39. The highest BCUT2D eigenvalue weighted by atomic mass is 16.5. The maximum atomic E-state index is 11.0. The first kappa shape index (κ1) is 13.6. The number of esters is 1. The maximum Gasteiger partial charge on any atom is 0.306 e. The molecule has 0 saturated heterocycles. The van der Waals surface area contributed by atoms with Crippen LogP contribution in [0.4, 0.5) is 0 Å². The van der Waals surface area contributed by atoms with Gasteiger partial charge >= 0.3 is 5.97 Å². The summed E-state index contributed by atoms with van der Waals surface area (Å²) >= 11 is 0. The molecule has 4 heteroatoms. The normalized spacial score (nSPS) is 10.5. The van der Waals surface area contributed by atoms with Crippen molar-refractivity contribution in [2.75, 3.05) is 26.7 Å². The molecule has 0 aliphatic carbocycles. The van der Waals surface area contributed by atoms with Gasteiger partial charge in [-0.2, -0.15) is 0 Å². The summed E-state index contributed by atoms with van der Waals surface area (Å²) in [6.07, 6.45) is 5.05. The van der Waals surface area contributed by atoms with E-state index < -0.39 is 0 Å². The molecule has 0 spiro atoms. The largest absolute Gasteiger partial charge is 0.469 e. The van der Waals surface area contributed by atoms with Gasteiger partial charge in [-0.05, 0) is 30.7 Å². The van der Waals surface area contributed by atoms with E-state index in [9.17, 15) is 4.79 Å². The molecule has 0 aromatic carbocycles. The lowest BCUT2D eigenvalue weighted by Gasteiger charge is -2.19. The topological polar surface area (TPSA) is 42.4 Å². The van der Waals surface area contributed by atoms with Gasteiger partial charge < -0.3 is 9.64 Å². The van der Waals surface area contributed by atoms with E-state index in [2.05, 4.69) is 21.5 Å². The summed E-state index contributed by atoms with van der Waals surface area (Å²) < 4.78 is 4.63. The fourth-order valence-electron chi connectivity index (χ4n) is 1.62. The van der Waals surface area contributed by atoms with Gasteiger partial charge in [0.1, 0.15) is 0 Å². The van der Waals surface area contributed by atoms with Gasteiger partial charge in [-0.3, -0.25) is 9.78 Å². The highest BCUT2D eigenvalue weighted by molar-refractivity contribution is 5.69. The molecule has 0 saturated carbocycles. The van der Waals surface area contributed by atoms with Crippen molar-refractivity contribution in [1.29, 1.82) is 0 Å². The van der Waals surface area contributed by atoms with E-state index in [0.717, 1.165) is 26.1 Å². The van der Waals surface area contributed by atoms with Gasteiger partial charge in [0.25, 0.3) is 0 Å². The van der Waals surface area contributed by atoms with Gasteiger partial charge in [0.2, 0.25) is 0 Å². The Balaban J connectivity index is 2.30. The first-order valence-corrected chi connectivity index (χ1v) is 5.94. The van der Waals surface area contributed by atoms with Crippen molar-refractivity contribution in [1.82, 2.24) is 9.88 Å². The Morgan fingerprint density at radius 1 is 1.35 bits per heavy atom. The van der Waals surface area contributed by atoms with Crippen LogP contribution in [0, 0.1) is 0 Å². The van der Waals surface area contributed by atoms with E-state index >= 15 is 0 Å². The number of aromatic nitrogens is 1. The van der Waals surface area contributed by atoms with Crippen LogP contribution in [0.15, 0.2) is 24.5 Å². The van der Waals surface area contributed by atoms with Crippen LogP contribution in [0.5, 0.6) is 0 Å². The third-order valence-electron chi connectivity index (χ3n) is 2.77. The third-order valence-corrected chi connectivity index (χ3v) is 2.77. The zero-order valence-corrected chi connectivity index (χ0v) is 10.6. The Bertz CT molecular complexity index is 327. The number of nitrogens with zero attached hydrogens (tertiary/aromatic N) is 2. The zero-order valence-electron chi connectivity index (χ0n) is 10.6. The molecule has 0 unspecified atom stereocenters. The summed E-state index contributed by atoms with van der Waals surface area (Å²) in [4.78, 5) is 17.3. The molecule has 1 heterocycles. The molecule has 0 aliphatic rings. The van der Waals surface area contributed by atoms with Crippen molar-refractivity contribution < 1.29 is 9.53 Å². The van der Waals surface area contributed by atoms with E-state index in [0.29, 0.717) is 6.42 Å². The summed E-state index contributed by atoms with van der Waals surface area (Å²) in [5.74, 6) is -0.146. The minimum absolute atomic E-state index is 0.146. The van der Waals surface area contributed by atoms with Gasteiger partial charge in [-0.1, -0.05) is 6.92 Å². The minimum Gasteiger partial charge on any atom is -0.469 e. The van der Waals surface area contributed by atoms with E-state index in [1.165, 1.54) is 12.7 Å². The van der Waals surface area contributed by atoms with E-state index in [-0.39, 0.29) is 5.97 Å². The number of methoxy groups -OCH3 is 1. The van der Waals surface area contributed by atoms with E-state index in [4.69, 9.17) is 0 Å². The van der Waals surface area contributed by atoms with E-state index in [1.807, 2.05) is 12.1 Å². The first-order chi connectivity index (χ1) is 8.26. The quantitative estimate of drug-likeness (QED) is 0.673. The van der Waals surface area contributed by atoms with Crippen LogP contribution in [-0.2, 0) is 16.0 Å². The lowest BCUT2D eigenvalue weighted by atomic mass is 10.2. The van der Waals surface area contributed by atoms with Crippen LogP contribution in [0.25, 0.3) is 0 Å². The minimum atomic E-state index is -0.146. The lowest BCUT2D eigenvalue weighted by Crippen LogP contribution is -2.28. The second kappa shape index (κ2) is 7.79. The number of likely N-dealkylation sites (N-methyl/N-ethyl adjacent to an activating group) is 1. The molecule has 0 N–H and O–H groups in total. The molecule has 0 fully saturated rings. The van der Waals surface area contributed by atoms with Crippen LogP contribution in [0.2, 0.25) is 0 Å². The average molecular weight is 236 g/mol. The summed E-state index contributed by atoms with van der Waals surface area (Å²) in [5.41, 5.74) is 1.27. The highest BCUT2D eigenvalue weighted by Gasteiger charge is 2.06. The Morgan fingerprint density at radius 3 is 2.65 bits per heavy atom. The monoisotopic (exact) mass is 236 g/mol. The Morgan fingerprint density at radius 2 is 2.06 bits per heavy atom. The number of carbonyl (C=O) groups is 1. The molecule has 0 amide bonds. The molecule has 0 radical (unpaired) electrons. The smallest absolute Gasteiger partial charge is 0.306 e. The van der Waals surface area contributed by atoms with Gasteiger partial charge in [-0.25, -0.2) is 0 Å². The first-order valence-electron chi connectivity index (χ1n) is 5.94. The van der Waals surface area contributed by atoms with Crippen molar-refractivity contribution in [2.24, 2.45) is 0 Å². The Kier molecular flexibility index (Phi) is 6.25. The standard InChI is InChI=1S/C13H20N2O2/c1-3-15(11-7-13(16)17-2)10-6-12-4-8-14-9-5-12/h4-5,8-9H,3,6-7,10-11H2,1-2H3. The maximum absolute atomic E-state index is 11.0. The van der Waals surface area contributed by atoms with Crippen LogP contribution >= 0.6 is 0 Å². The molecular weight excluding hydrogens is 216 g/mol. The molecule has 0 atom stereocenters. The molecule has 0 aliphatic heterocycles. The SMILES string of the molecule is CCN(CCC(=O)OC)CCc1ccncc1. The number of hydrogen-bond donors (Lipinski definition) is 0. The molecule has 1 rings (SSSR count). The summed E-state index contributed by atoms with van der Waals surface area (Å²) in [6, 6.07) is 4.04. The van der Waals surface area contributed by atoms with Crippen LogP contribution < -0.4 is 0 Å². The second-order valence-corrected chi connectivity index (χ2v) is 3.87. The van der Waals surface area contributed by atoms with Gasteiger partial charge in [-0.15, -0.1) is 0 Å². The van der Waals surface area contributed by atoms with Gasteiger partial charge in [0.15, 0.2) is 0 Å². The van der Waals surface area contributed by atoms with Crippen molar-refractivity contribution >= 4 is 5.97 Å². The van der Waals surface area contributed by atoms with Crippen LogP contribution in [-0.4, -0.2) is 42.6 Å². The number of rotatable bonds is 7. The van der Waals surface area contributed by atoms with E-state index in [1.54, 1.807) is 12.4 Å². The van der Waals surface area contributed by atoms with Crippen molar-refractivity contribution in [2.45, 2.75) is 19.8 Å². The molecule has 0 bridgehead atoms. The molecular formula is C13H20N2O2. The number of pyridine rings is 1. The summed E-state index contributed by atoms with van der Waals surface area (Å²) in [5, 5.41) is 0. The number of hydrogen-bond acceptors (Lipinski definition) is 4. The molecule has 1 aromatic heterocycles. The Hall–Kier alpha value is -1.42. The van der Waals surface area contributed by atoms with Crippen molar-refractivity contribution in [3.05, 3.63) is 30.1 Å². The summed E-state index contributed by atoms with van der Waals surface area (Å²) in [7, 11) is 1.43. The molecule has 94 valence electrons. The molecule has 4 nitrogen and oxygen atoms in total. The molecule has 17 heavy (non-hydrogen) atoms. The predicted molar refractivity (Wildman–Crippen MR) is 66.7 cm³/mol. The van der Waals surface area contributed by atoms with Gasteiger partial charge in [0, 0.05) is 25.5 Å². The lowest BCUT2D eigenvalue weighted by molar-refractivity contribution is -0.140. The number of carbonyl (C=O) groups excluding carboxylic acids is 1. The van der Waals surface area contributed by atoms with Gasteiger partial charge in [0.05, 0.1) is 13.5 Å². The molecule has 1 aromatic rings. The summed E-state index contributed by atoms with van der Waals surface area (Å²) in [6.45, 7) is 4.76. The zero-order chi connectivity index (χ0) is 12.5. The van der Waals surface area contributed by atoms with Crippen LogP contribution in [0.1, 0.15) is 18.9 Å². The van der Waals surface area contributed by atoms with Crippen LogP contribution in [0.3, 0.4) is 0 Å².